The summed E-state index contributed by atoms with van der Waals surface area (Å²) >= 11 is 0. The predicted octanol–water partition coefficient (Wildman–Crippen LogP) is -2.43. The molecule has 0 amide bonds. The van der Waals surface area contributed by atoms with Gasteiger partial charge in [-0.2, -0.15) is 0 Å². The number of carboxylic acids is 3. The van der Waals surface area contributed by atoms with Crippen LogP contribution in [-0.4, -0.2) is 67.1 Å². The van der Waals surface area contributed by atoms with Crippen LogP contribution in [0.15, 0.2) is 0 Å². The molecule has 0 saturated carbocycles. The van der Waals surface area contributed by atoms with Gasteiger partial charge in [-0.05, 0) is 0 Å². The van der Waals surface area contributed by atoms with Crippen LogP contribution in [0, 0.1) is 0 Å². The number of aliphatic hydroxyl groups excluding tert-OH is 1. The Labute approximate surface area is 116 Å². The van der Waals surface area contributed by atoms with E-state index in [-0.39, 0.29) is 0 Å². The van der Waals surface area contributed by atoms with Crippen molar-refractivity contribution in [1.82, 2.24) is 0 Å². The molecule has 11 heteroatoms. The summed E-state index contributed by atoms with van der Waals surface area (Å²) in [4.78, 5) is 53.6. The van der Waals surface area contributed by atoms with Gasteiger partial charge in [0.25, 0.3) is 0 Å². The second-order valence-corrected chi connectivity index (χ2v) is 3.99. The van der Waals surface area contributed by atoms with Crippen LogP contribution in [-0.2, 0) is 28.7 Å². The summed E-state index contributed by atoms with van der Waals surface area (Å²) in [7, 11) is 0. The van der Waals surface area contributed by atoms with E-state index in [1.54, 1.807) is 0 Å². The Balaban J connectivity index is 4.65. The van der Waals surface area contributed by atoms with E-state index in [1.807, 2.05) is 0 Å². The fourth-order valence-corrected chi connectivity index (χ4v) is 1.15. The summed E-state index contributed by atoms with van der Waals surface area (Å²) < 4.78 is 3.98. The highest BCUT2D eigenvalue weighted by atomic mass is 16.6. The van der Waals surface area contributed by atoms with Crippen molar-refractivity contribution in [2.24, 2.45) is 0 Å². The van der Waals surface area contributed by atoms with Gasteiger partial charge in [0.2, 0.25) is 0 Å². The van der Waals surface area contributed by atoms with Gasteiger partial charge in [-0.1, -0.05) is 0 Å². The van der Waals surface area contributed by atoms with Crippen LogP contribution in [0.4, 0.5) is 0 Å². The fourth-order valence-electron chi connectivity index (χ4n) is 1.15. The smallest absolute Gasteiger partial charge is 0.336 e. The molecule has 0 aliphatic carbocycles. The third kappa shape index (κ3) is 6.44. The minimum atomic E-state index is -2.98. The number of aliphatic hydroxyl groups is 2. The van der Waals surface area contributed by atoms with Gasteiger partial charge in [-0.15, -0.1) is 0 Å². The second kappa shape index (κ2) is 7.31. The van der Waals surface area contributed by atoms with E-state index in [9.17, 15) is 29.1 Å². The Morgan fingerprint density at radius 1 is 0.952 bits per heavy atom. The summed E-state index contributed by atoms with van der Waals surface area (Å²) in [5.41, 5.74) is -2.98. The lowest BCUT2D eigenvalue weighted by Crippen LogP contribution is -2.43. The molecule has 0 aliphatic rings. The molecule has 0 aromatic carbocycles. The van der Waals surface area contributed by atoms with Crippen LogP contribution >= 0.6 is 0 Å². The van der Waals surface area contributed by atoms with Crippen molar-refractivity contribution in [1.29, 1.82) is 0 Å². The van der Waals surface area contributed by atoms with E-state index in [1.165, 1.54) is 0 Å². The molecule has 21 heavy (non-hydrogen) atoms. The number of carbonyl (C=O) groups excluding carboxylic acids is 2. The first-order valence-corrected chi connectivity index (χ1v) is 5.30. The van der Waals surface area contributed by atoms with Gasteiger partial charge in [0.15, 0.2) is 11.7 Å². The molecule has 0 aliphatic heterocycles. The normalized spacial score (nSPS) is 14.6. The topological polar surface area (TPSA) is 196 Å². The molecule has 0 fully saturated rings. The SMILES string of the molecule is O=C(O)CC(O)(CC(=O)OC(=O)CC(O)C(=O)O)C(=O)O. The maximum absolute atomic E-state index is 11.2. The van der Waals surface area contributed by atoms with E-state index >= 15 is 0 Å². The van der Waals surface area contributed by atoms with Gasteiger partial charge in [0.1, 0.15) is 0 Å². The second-order valence-electron chi connectivity index (χ2n) is 3.99. The molecular formula is C10H12O11. The maximum Gasteiger partial charge on any atom is 0.336 e. The highest BCUT2D eigenvalue weighted by Crippen LogP contribution is 2.17. The zero-order valence-corrected chi connectivity index (χ0v) is 10.4. The van der Waals surface area contributed by atoms with Crippen molar-refractivity contribution in [3.05, 3.63) is 0 Å². The van der Waals surface area contributed by atoms with Gasteiger partial charge in [0, 0.05) is 0 Å². The summed E-state index contributed by atoms with van der Waals surface area (Å²) in [6, 6.07) is 0. The van der Waals surface area contributed by atoms with Crippen molar-refractivity contribution in [3.8, 4) is 0 Å². The lowest BCUT2D eigenvalue weighted by molar-refractivity contribution is -0.175. The molecule has 11 nitrogen and oxygen atoms in total. The van der Waals surface area contributed by atoms with Crippen LogP contribution in [0.25, 0.3) is 0 Å². The third-order valence-electron chi connectivity index (χ3n) is 2.15. The molecule has 0 rings (SSSR count). The molecule has 0 spiro atoms. The lowest BCUT2D eigenvalue weighted by Gasteiger charge is -2.19. The molecule has 0 radical (unpaired) electrons. The molecule has 0 aromatic rings. The van der Waals surface area contributed by atoms with Gasteiger partial charge >= 0.3 is 29.8 Å². The van der Waals surface area contributed by atoms with Crippen molar-refractivity contribution in [2.45, 2.75) is 31.0 Å². The van der Waals surface area contributed by atoms with Gasteiger partial charge in [0.05, 0.1) is 19.3 Å². The summed E-state index contributed by atoms with van der Waals surface area (Å²) in [5, 5.41) is 43.7. The molecule has 0 saturated heterocycles. The Hall–Kier alpha value is -2.53. The predicted molar refractivity (Wildman–Crippen MR) is 58.8 cm³/mol. The highest BCUT2D eigenvalue weighted by molar-refractivity contribution is 5.93. The van der Waals surface area contributed by atoms with E-state index in [0.717, 1.165) is 0 Å². The Kier molecular flexibility index (Phi) is 6.42. The van der Waals surface area contributed by atoms with Gasteiger partial charge in [-0.3, -0.25) is 14.4 Å². The lowest BCUT2D eigenvalue weighted by atomic mass is 9.96. The summed E-state index contributed by atoms with van der Waals surface area (Å²) in [5.74, 6) is -8.52. The van der Waals surface area contributed by atoms with Crippen LogP contribution in [0.5, 0.6) is 0 Å². The minimum absolute atomic E-state index is 1.08. The Bertz CT molecular complexity index is 468. The number of carboxylic acid groups (broad SMARTS) is 3. The van der Waals surface area contributed by atoms with Gasteiger partial charge < -0.3 is 30.3 Å². The largest absolute Gasteiger partial charge is 0.481 e. The molecule has 5 N–H and O–H groups in total. The molecule has 0 bridgehead atoms. The number of hydrogen-bond donors (Lipinski definition) is 5. The zero-order valence-electron chi connectivity index (χ0n) is 10.4. The standard InChI is InChI=1S/C10H12O11/c11-4(8(16)17)1-6(14)21-7(15)3-10(20,9(18)19)2-5(12)13/h4,11,20H,1-3H2,(H,12,13)(H,16,17)(H,18,19). The molecule has 118 valence electrons. The van der Waals surface area contributed by atoms with Crippen LogP contribution < -0.4 is 0 Å². The first-order valence-electron chi connectivity index (χ1n) is 5.30. The van der Waals surface area contributed by atoms with Crippen molar-refractivity contribution >= 4 is 29.8 Å². The van der Waals surface area contributed by atoms with Crippen LogP contribution in [0.1, 0.15) is 19.3 Å². The fraction of sp³-hybridized carbons (Fsp3) is 0.500. The molecular weight excluding hydrogens is 296 g/mol. The number of carbonyl (C=O) groups is 5. The van der Waals surface area contributed by atoms with E-state index in [2.05, 4.69) is 4.74 Å². The molecule has 0 aromatic heterocycles. The van der Waals surface area contributed by atoms with Crippen molar-refractivity contribution in [3.63, 3.8) is 0 Å². The van der Waals surface area contributed by atoms with E-state index < -0.39 is 60.8 Å². The highest BCUT2D eigenvalue weighted by Gasteiger charge is 2.42. The number of aliphatic carboxylic acids is 3. The molecule has 0 heterocycles. The third-order valence-corrected chi connectivity index (χ3v) is 2.15. The average molecular weight is 308 g/mol. The first kappa shape index (κ1) is 18.5. The zero-order chi connectivity index (χ0) is 16.8. The molecule has 2 atom stereocenters. The van der Waals surface area contributed by atoms with Gasteiger partial charge in [-0.25, -0.2) is 9.59 Å². The minimum Gasteiger partial charge on any atom is -0.481 e. The summed E-state index contributed by atoms with van der Waals surface area (Å²) in [6.45, 7) is 0. The molecule has 2 unspecified atom stereocenters. The van der Waals surface area contributed by atoms with E-state index in [0.29, 0.717) is 0 Å². The van der Waals surface area contributed by atoms with Crippen LogP contribution in [0.3, 0.4) is 0 Å². The first-order chi connectivity index (χ1) is 9.47. The monoisotopic (exact) mass is 308 g/mol. The van der Waals surface area contributed by atoms with Crippen LogP contribution in [0.2, 0.25) is 0 Å². The summed E-state index contributed by atoms with van der Waals surface area (Å²) in [6.07, 6.45) is -5.86. The Morgan fingerprint density at radius 2 is 1.48 bits per heavy atom. The number of rotatable bonds is 8. The number of hydrogen-bond acceptors (Lipinski definition) is 8. The number of ether oxygens (including phenoxy) is 1. The van der Waals surface area contributed by atoms with Crippen molar-refractivity contribution < 1.29 is 54.2 Å². The average Bonchev–Trinajstić information content (AvgIpc) is 2.26. The van der Waals surface area contributed by atoms with Crippen molar-refractivity contribution in [2.75, 3.05) is 0 Å². The Morgan fingerprint density at radius 3 is 1.86 bits per heavy atom. The maximum atomic E-state index is 11.2. The quantitative estimate of drug-likeness (QED) is 0.236. The number of esters is 2. The van der Waals surface area contributed by atoms with E-state index in [4.69, 9.17) is 20.4 Å².